The van der Waals surface area contributed by atoms with Crippen LogP contribution < -0.4 is 16.4 Å². The van der Waals surface area contributed by atoms with Crippen LogP contribution in [0, 0.1) is 0 Å². The molecule has 0 radical (unpaired) electrons. The van der Waals surface area contributed by atoms with Gasteiger partial charge >= 0.3 is 0 Å². The van der Waals surface area contributed by atoms with Crippen molar-refractivity contribution in [2.45, 2.75) is 63.6 Å². The van der Waals surface area contributed by atoms with E-state index in [9.17, 15) is 14.7 Å². The van der Waals surface area contributed by atoms with E-state index < -0.39 is 6.29 Å². The summed E-state index contributed by atoms with van der Waals surface area (Å²) in [5.74, 6) is -0.152. The molecule has 2 amide bonds. The highest BCUT2D eigenvalue weighted by Gasteiger charge is 2.32. The Labute approximate surface area is 260 Å². The fourth-order valence-electron chi connectivity index (χ4n) is 5.19. The number of unbranched alkanes of at least 4 members (excludes halogenated alkanes) is 2. The fourth-order valence-corrected chi connectivity index (χ4v) is 5.19. The summed E-state index contributed by atoms with van der Waals surface area (Å²) in [6.45, 7) is 5.33. The Hall–Kier alpha value is -4.02. The number of hydrogen-bond acceptors (Lipinski definition) is 7. The first kappa shape index (κ1) is 32.9. The molecule has 9 nitrogen and oxygen atoms in total. The molecule has 3 unspecified atom stereocenters. The number of aliphatic hydroxyl groups excluding tert-OH is 1. The van der Waals surface area contributed by atoms with Gasteiger partial charge in [-0.25, -0.2) is 0 Å². The first-order chi connectivity index (χ1) is 21.3. The third-order valence-corrected chi connectivity index (χ3v) is 7.58. The zero-order chi connectivity index (χ0) is 31.3. The maximum atomic E-state index is 12.5. The lowest BCUT2D eigenvalue weighted by Crippen LogP contribution is -2.37. The van der Waals surface area contributed by atoms with E-state index in [0.717, 1.165) is 36.2 Å². The van der Waals surface area contributed by atoms with Gasteiger partial charge in [0, 0.05) is 43.6 Å². The predicted molar refractivity (Wildman–Crippen MR) is 174 cm³/mol. The highest BCUT2D eigenvalue weighted by Crippen LogP contribution is 2.38. The van der Waals surface area contributed by atoms with Gasteiger partial charge in [-0.3, -0.25) is 9.59 Å². The normalized spacial score (nSPS) is 18.1. The second-order valence-corrected chi connectivity index (χ2v) is 11.2. The molecular formula is C35H44N4O5. The summed E-state index contributed by atoms with van der Waals surface area (Å²) in [5, 5.41) is 15.2. The number of nitrogens with two attached hydrogens (primary N) is 1. The Kier molecular flexibility index (Phi) is 12.5. The van der Waals surface area contributed by atoms with Crippen molar-refractivity contribution in [1.82, 2.24) is 4.90 Å². The number of aliphatic hydroxyl groups is 1. The van der Waals surface area contributed by atoms with Gasteiger partial charge in [0.2, 0.25) is 11.8 Å². The number of carbonyl (C=O) groups excluding carboxylic acids is 2. The predicted octanol–water partition coefficient (Wildman–Crippen LogP) is 5.95. The van der Waals surface area contributed by atoms with E-state index in [-0.39, 0.29) is 30.6 Å². The lowest BCUT2D eigenvalue weighted by molar-refractivity contribution is -0.252. The molecule has 9 heteroatoms. The monoisotopic (exact) mass is 600 g/mol. The molecule has 44 heavy (non-hydrogen) atoms. The number of amides is 2. The van der Waals surface area contributed by atoms with Crippen molar-refractivity contribution in [3.63, 3.8) is 0 Å². The molecule has 3 atom stereocenters. The van der Waals surface area contributed by atoms with E-state index in [4.69, 9.17) is 15.2 Å². The lowest BCUT2D eigenvalue weighted by Gasteiger charge is -2.37. The van der Waals surface area contributed by atoms with Gasteiger partial charge in [-0.15, -0.1) is 6.58 Å². The molecule has 3 aromatic carbocycles. The van der Waals surface area contributed by atoms with Gasteiger partial charge in [0.25, 0.3) is 0 Å². The second kappa shape index (κ2) is 16.7. The van der Waals surface area contributed by atoms with E-state index in [2.05, 4.69) is 22.1 Å². The van der Waals surface area contributed by atoms with Crippen LogP contribution >= 0.6 is 0 Å². The molecule has 4 rings (SSSR count). The van der Waals surface area contributed by atoms with Crippen molar-refractivity contribution in [3.8, 4) is 0 Å². The Bertz CT molecular complexity index is 1360. The Morgan fingerprint density at radius 1 is 0.932 bits per heavy atom. The summed E-state index contributed by atoms with van der Waals surface area (Å²) in [6.07, 6.45) is 4.71. The topological polar surface area (TPSA) is 126 Å². The van der Waals surface area contributed by atoms with Crippen molar-refractivity contribution in [1.29, 1.82) is 0 Å². The third-order valence-electron chi connectivity index (χ3n) is 7.58. The number of para-hydroxylation sites is 2. The average molecular weight is 601 g/mol. The van der Waals surface area contributed by atoms with Crippen molar-refractivity contribution >= 4 is 28.9 Å². The first-order valence-electron chi connectivity index (χ1n) is 15.2. The van der Waals surface area contributed by atoms with E-state index in [1.54, 1.807) is 12.1 Å². The number of ether oxygens (including phenoxy) is 2. The van der Waals surface area contributed by atoms with Crippen LogP contribution in [0.15, 0.2) is 85.5 Å². The van der Waals surface area contributed by atoms with Crippen molar-refractivity contribution in [2.24, 2.45) is 0 Å². The molecule has 0 aromatic heterocycles. The maximum absolute atomic E-state index is 12.5. The number of nitrogen functional groups attached to an aromatic ring is 1. The zero-order valence-corrected chi connectivity index (χ0v) is 25.4. The van der Waals surface area contributed by atoms with Gasteiger partial charge < -0.3 is 35.8 Å². The van der Waals surface area contributed by atoms with Crippen LogP contribution in [0.3, 0.4) is 0 Å². The molecule has 0 saturated carbocycles. The van der Waals surface area contributed by atoms with E-state index in [1.165, 1.54) is 0 Å². The van der Waals surface area contributed by atoms with E-state index in [1.807, 2.05) is 73.8 Å². The van der Waals surface area contributed by atoms with Crippen LogP contribution in [0.2, 0.25) is 0 Å². The molecular weight excluding hydrogens is 556 g/mol. The van der Waals surface area contributed by atoms with Crippen LogP contribution in [0.25, 0.3) is 0 Å². The summed E-state index contributed by atoms with van der Waals surface area (Å²) >= 11 is 0. The maximum Gasteiger partial charge on any atom is 0.224 e. The smallest absolute Gasteiger partial charge is 0.224 e. The Balaban J connectivity index is 1.26. The molecule has 1 heterocycles. The largest absolute Gasteiger partial charge is 0.397 e. The van der Waals surface area contributed by atoms with Crippen LogP contribution in [0.1, 0.15) is 67.6 Å². The van der Waals surface area contributed by atoms with Gasteiger partial charge in [0.15, 0.2) is 6.29 Å². The number of benzene rings is 3. The van der Waals surface area contributed by atoms with Crippen LogP contribution in [-0.4, -0.2) is 48.1 Å². The first-order valence-corrected chi connectivity index (χ1v) is 15.2. The minimum atomic E-state index is -0.561. The number of likely N-dealkylation sites (N-methyl/N-ethyl adjacent to an activating group) is 1. The van der Waals surface area contributed by atoms with Gasteiger partial charge in [-0.05, 0) is 55.3 Å². The zero-order valence-electron chi connectivity index (χ0n) is 25.4. The van der Waals surface area contributed by atoms with Crippen molar-refractivity contribution < 1.29 is 24.2 Å². The quantitative estimate of drug-likeness (QED) is 0.0965. The molecule has 5 N–H and O–H groups in total. The standard InChI is InChI=1S/C35H44N4O5/c1-3-21-39(2)23-29-22-32(26-15-13-25(24-40)14-16-26)44-35(43-29)27-17-19-28(20-18-27)37-33(41)11-5-4-6-12-34(42)38-31-10-8-7-9-30(31)36/h3,7-10,13-20,29,32,35,40H,1,4-6,11-12,21-24,36H2,2H3,(H,37,41)(H,38,42). The van der Waals surface area contributed by atoms with Gasteiger partial charge in [-0.2, -0.15) is 0 Å². The summed E-state index contributed by atoms with van der Waals surface area (Å²) in [5.41, 5.74) is 10.5. The lowest BCUT2D eigenvalue weighted by atomic mass is 9.99. The minimum absolute atomic E-state index is 0.000423. The second-order valence-electron chi connectivity index (χ2n) is 11.2. The minimum Gasteiger partial charge on any atom is -0.397 e. The van der Waals surface area contributed by atoms with Crippen molar-refractivity contribution in [3.05, 3.63) is 102 Å². The van der Waals surface area contributed by atoms with Gasteiger partial charge in [0.1, 0.15) is 0 Å². The average Bonchev–Trinajstić information content (AvgIpc) is 3.02. The summed E-state index contributed by atoms with van der Waals surface area (Å²) < 4.78 is 12.8. The van der Waals surface area contributed by atoms with Crippen molar-refractivity contribution in [2.75, 3.05) is 36.5 Å². The number of carbonyl (C=O) groups is 2. The van der Waals surface area contributed by atoms with E-state index in [0.29, 0.717) is 49.2 Å². The molecule has 1 saturated heterocycles. The van der Waals surface area contributed by atoms with Gasteiger partial charge in [0.05, 0.1) is 30.2 Å². The Morgan fingerprint density at radius 3 is 2.25 bits per heavy atom. The molecule has 0 spiro atoms. The molecule has 3 aromatic rings. The summed E-state index contributed by atoms with van der Waals surface area (Å²) in [6, 6.07) is 22.5. The molecule has 234 valence electrons. The fraction of sp³-hybridized carbons (Fsp3) is 0.371. The van der Waals surface area contributed by atoms with Crippen LogP contribution in [-0.2, 0) is 25.7 Å². The molecule has 0 aliphatic carbocycles. The molecule has 1 aliphatic rings. The SMILES string of the molecule is C=CCN(C)CC1CC(c2ccc(CO)cc2)OC(c2ccc(NC(=O)CCCCCC(=O)Nc3ccccc3N)cc2)O1. The highest BCUT2D eigenvalue weighted by atomic mass is 16.7. The van der Waals surface area contributed by atoms with Crippen LogP contribution in [0.4, 0.5) is 17.1 Å². The Morgan fingerprint density at radius 2 is 1.59 bits per heavy atom. The number of nitrogens with zero attached hydrogens (tertiary/aromatic N) is 1. The highest BCUT2D eigenvalue weighted by molar-refractivity contribution is 5.93. The molecule has 0 bridgehead atoms. The summed E-state index contributed by atoms with van der Waals surface area (Å²) in [7, 11) is 2.04. The third kappa shape index (κ3) is 10.0. The molecule has 1 fully saturated rings. The van der Waals surface area contributed by atoms with Gasteiger partial charge in [-0.1, -0.05) is 61.0 Å². The van der Waals surface area contributed by atoms with Crippen LogP contribution in [0.5, 0.6) is 0 Å². The number of nitrogens with one attached hydrogen (secondary N) is 2. The number of anilines is 3. The summed E-state index contributed by atoms with van der Waals surface area (Å²) in [4.78, 5) is 26.9. The van der Waals surface area contributed by atoms with E-state index >= 15 is 0 Å². The molecule has 1 aliphatic heterocycles. The number of hydrogen-bond donors (Lipinski definition) is 4. The number of rotatable bonds is 15.